The van der Waals surface area contributed by atoms with Crippen LogP contribution in [0, 0.1) is 0 Å². The van der Waals surface area contributed by atoms with E-state index in [1.54, 1.807) is 0 Å². The van der Waals surface area contributed by atoms with Crippen LogP contribution in [0.5, 0.6) is 5.75 Å². The van der Waals surface area contributed by atoms with Crippen molar-refractivity contribution >= 4 is 15.9 Å². The van der Waals surface area contributed by atoms with E-state index in [0.717, 1.165) is 28.8 Å². The number of unbranched alkanes of at least 4 members (excludes halogenated alkanes) is 5. The van der Waals surface area contributed by atoms with Crippen LogP contribution in [0.15, 0.2) is 22.7 Å². The Morgan fingerprint density at radius 1 is 1.16 bits per heavy atom. The van der Waals surface area contributed by atoms with Gasteiger partial charge in [0.2, 0.25) is 0 Å². The van der Waals surface area contributed by atoms with E-state index in [1.807, 2.05) is 25.1 Å². The molecule has 3 heteroatoms. The van der Waals surface area contributed by atoms with Crippen molar-refractivity contribution < 1.29 is 4.74 Å². The summed E-state index contributed by atoms with van der Waals surface area (Å²) in [6, 6.07) is 6.04. The normalized spacial score (nSPS) is 12.4. The minimum Gasteiger partial charge on any atom is -0.493 e. The average Bonchev–Trinajstić information content (AvgIpc) is 2.39. The SMILES string of the molecule is CCCCCCCCOc1ccc(Br)cc1C(C)N. The van der Waals surface area contributed by atoms with Gasteiger partial charge in [0.15, 0.2) is 0 Å². The number of benzene rings is 1. The Bertz CT molecular complexity index is 366. The summed E-state index contributed by atoms with van der Waals surface area (Å²) in [4.78, 5) is 0. The van der Waals surface area contributed by atoms with Crippen LogP contribution in [0.4, 0.5) is 0 Å². The molecule has 1 unspecified atom stereocenters. The van der Waals surface area contributed by atoms with Crippen molar-refractivity contribution in [2.24, 2.45) is 5.73 Å². The summed E-state index contributed by atoms with van der Waals surface area (Å²) in [7, 11) is 0. The highest BCUT2D eigenvalue weighted by atomic mass is 79.9. The second-order valence-corrected chi connectivity index (χ2v) is 6.00. The van der Waals surface area contributed by atoms with Crippen LogP contribution >= 0.6 is 15.9 Å². The molecule has 0 bridgehead atoms. The van der Waals surface area contributed by atoms with Crippen LogP contribution in [0.2, 0.25) is 0 Å². The molecule has 0 aliphatic rings. The summed E-state index contributed by atoms with van der Waals surface area (Å²) in [5, 5.41) is 0. The molecular formula is C16H26BrNO. The molecule has 0 spiro atoms. The predicted molar refractivity (Wildman–Crippen MR) is 85.6 cm³/mol. The number of hydrogen-bond acceptors (Lipinski definition) is 2. The third-order valence-electron chi connectivity index (χ3n) is 3.22. The van der Waals surface area contributed by atoms with Gasteiger partial charge >= 0.3 is 0 Å². The monoisotopic (exact) mass is 327 g/mol. The smallest absolute Gasteiger partial charge is 0.124 e. The highest BCUT2D eigenvalue weighted by molar-refractivity contribution is 9.10. The molecule has 0 aliphatic carbocycles. The number of hydrogen-bond donors (Lipinski definition) is 1. The molecule has 0 amide bonds. The zero-order chi connectivity index (χ0) is 14.1. The molecule has 0 heterocycles. The van der Waals surface area contributed by atoms with Gasteiger partial charge in [-0.3, -0.25) is 0 Å². The predicted octanol–water partition coefficient (Wildman–Crippen LogP) is 5.21. The lowest BCUT2D eigenvalue weighted by Gasteiger charge is -2.14. The summed E-state index contributed by atoms with van der Waals surface area (Å²) in [5.41, 5.74) is 7.04. The van der Waals surface area contributed by atoms with Crippen molar-refractivity contribution in [1.82, 2.24) is 0 Å². The second-order valence-electron chi connectivity index (χ2n) is 5.09. The minimum absolute atomic E-state index is 0.00273. The van der Waals surface area contributed by atoms with Gasteiger partial charge in [-0.1, -0.05) is 55.0 Å². The first-order valence-corrected chi connectivity index (χ1v) is 8.12. The quantitative estimate of drug-likeness (QED) is 0.632. The van der Waals surface area contributed by atoms with Gasteiger partial charge in [0.1, 0.15) is 5.75 Å². The molecule has 108 valence electrons. The Morgan fingerprint density at radius 3 is 2.53 bits per heavy atom. The molecule has 0 aliphatic heterocycles. The van der Waals surface area contributed by atoms with Gasteiger partial charge in [-0.15, -0.1) is 0 Å². The highest BCUT2D eigenvalue weighted by Gasteiger charge is 2.08. The lowest BCUT2D eigenvalue weighted by molar-refractivity contribution is 0.300. The van der Waals surface area contributed by atoms with Gasteiger partial charge in [0, 0.05) is 16.1 Å². The van der Waals surface area contributed by atoms with Gasteiger partial charge in [-0.25, -0.2) is 0 Å². The van der Waals surface area contributed by atoms with Crippen molar-refractivity contribution in [3.05, 3.63) is 28.2 Å². The van der Waals surface area contributed by atoms with E-state index in [9.17, 15) is 0 Å². The number of rotatable bonds is 9. The van der Waals surface area contributed by atoms with Gasteiger partial charge in [-0.05, 0) is 31.5 Å². The maximum absolute atomic E-state index is 5.97. The van der Waals surface area contributed by atoms with Gasteiger partial charge in [-0.2, -0.15) is 0 Å². The Balaban J connectivity index is 2.33. The first-order chi connectivity index (χ1) is 9.15. The number of halogens is 1. The Hall–Kier alpha value is -0.540. The fourth-order valence-corrected chi connectivity index (χ4v) is 2.45. The molecule has 2 nitrogen and oxygen atoms in total. The Kier molecular flexibility index (Phi) is 8.15. The Morgan fingerprint density at radius 2 is 1.84 bits per heavy atom. The molecule has 0 saturated carbocycles. The molecule has 0 radical (unpaired) electrons. The van der Waals surface area contributed by atoms with E-state index < -0.39 is 0 Å². The standard InChI is InChI=1S/C16H26BrNO/c1-3-4-5-6-7-8-11-19-16-10-9-14(17)12-15(16)13(2)18/h9-10,12-13H,3-8,11,18H2,1-2H3. The Labute approximate surface area is 125 Å². The molecule has 19 heavy (non-hydrogen) atoms. The molecule has 2 N–H and O–H groups in total. The van der Waals surface area contributed by atoms with Crippen LogP contribution in [0.1, 0.15) is 64.0 Å². The van der Waals surface area contributed by atoms with Crippen molar-refractivity contribution in [1.29, 1.82) is 0 Å². The minimum atomic E-state index is -0.00273. The van der Waals surface area contributed by atoms with Gasteiger partial charge < -0.3 is 10.5 Å². The third kappa shape index (κ3) is 6.44. The maximum Gasteiger partial charge on any atom is 0.124 e. The van der Waals surface area contributed by atoms with Crippen molar-refractivity contribution in [2.75, 3.05) is 6.61 Å². The van der Waals surface area contributed by atoms with Crippen molar-refractivity contribution in [3.63, 3.8) is 0 Å². The average molecular weight is 328 g/mol. The van der Waals surface area contributed by atoms with E-state index >= 15 is 0 Å². The summed E-state index contributed by atoms with van der Waals surface area (Å²) >= 11 is 3.47. The van der Waals surface area contributed by atoms with Crippen molar-refractivity contribution in [2.45, 2.75) is 58.4 Å². The van der Waals surface area contributed by atoms with Crippen LogP contribution in [-0.4, -0.2) is 6.61 Å². The topological polar surface area (TPSA) is 35.2 Å². The van der Waals surface area contributed by atoms with E-state index in [4.69, 9.17) is 10.5 Å². The highest BCUT2D eigenvalue weighted by Crippen LogP contribution is 2.27. The largest absolute Gasteiger partial charge is 0.493 e. The van der Waals surface area contributed by atoms with Crippen molar-refractivity contribution in [3.8, 4) is 5.75 Å². The molecular weight excluding hydrogens is 302 g/mol. The zero-order valence-electron chi connectivity index (χ0n) is 12.1. The molecule has 0 fully saturated rings. The van der Waals surface area contributed by atoms with Crippen LogP contribution in [-0.2, 0) is 0 Å². The van der Waals surface area contributed by atoms with E-state index in [0.29, 0.717) is 0 Å². The summed E-state index contributed by atoms with van der Waals surface area (Å²) in [6.45, 7) is 5.01. The summed E-state index contributed by atoms with van der Waals surface area (Å²) in [5.74, 6) is 0.923. The fraction of sp³-hybridized carbons (Fsp3) is 0.625. The first kappa shape index (κ1) is 16.5. The van der Waals surface area contributed by atoms with Gasteiger partial charge in [0.25, 0.3) is 0 Å². The molecule has 1 atom stereocenters. The van der Waals surface area contributed by atoms with Crippen LogP contribution in [0.25, 0.3) is 0 Å². The number of nitrogens with two attached hydrogens (primary N) is 1. The summed E-state index contributed by atoms with van der Waals surface area (Å²) in [6.07, 6.45) is 7.69. The van der Waals surface area contributed by atoms with E-state index in [2.05, 4.69) is 22.9 Å². The first-order valence-electron chi connectivity index (χ1n) is 7.33. The summed E-state index contributed by atoms with van der Waals surface area (Å²) < 4.78 is 6.91. The second kappa shape index (κ2) is 9.38. The van der Waals surface area contributed by atoms with E-state index in [-0.39, 0.29) is 6.04 Å². The van der Waals surface area contributed by atoms with Crippen LogP contribution in [0.3, 0.4) is 0 Å². The van der Waals surface area contributed by atoms with Crippen LogP contribution < -0.4 is 10.5 Å². The molecule has 1 aromatic carbocycles. The lowest BCUT2D eigenvalue weighted by atomic mass is 10.1. The molecule has 0 saturated heterocycles. The molecule has 1 aromatic rings. The lowest BCUT2D eigenvalue weighted by Crippen LogP contribution is -2.08. The van der Waals surface area contributed by atoms with E-state index in [1.165, 1.54) is 32.1 Å². The molecule has 1 rings (SSSR count). The third-order valence-corrected chi connectivity index (χ3v) is 3.71. The molecule has 0 aromatic heterocycles. The van der Waals surface area contributed by atoms with Gasteiger partial charge in [0.05, 0.1) is 6.61 Å². The number of ether oxygens (including phenoxy) is 1. The maximum atomic E-state index is 5.97. The zero-order valence-corrected chi connectivity index (χ0v) is 13.7. The fourth-order valence-electron chi connectivity index (χ4n) is 2.07.